The molecule has 0 aliphatic heterocycles. The van der Waals surface area contributed by atoms with E-state index in [1.807, 2.05) is 13.8 Å². The fourth-order valence-corrected chi connectivity index (χ4v) is 3.02. The number of aliphatic hydroxyl groups is 1. The van der Waals surface area contributed by atoms with Crippen molar-refractivity contribution < 1.29 is 5.11 Å². The van der Waals surface area contributed by atoms with E-state index in [0.29, 0.717) is 29.3 Å². The summed E-state index contributed by atoms with van der Waals surface area (Å²) in [6.07, 6.45) is 7.00. The van der Waals surface area contributed by atoms with Gasteiger partial charge in [0.05, 0.1) is 28.1 Å². The van der Waals surface area contributed by atoms with Crippen LogP contribution in [0, 0.1) is 0 Å². The normalized spacial score (nSPS) is 14.8. The van der Waals surface area contributed by atoms with E-state index in [9.17, 15) is 5.11 Å². The first-order valence-corrected chi connectivity index (χ1v) is 9.78. The largest absolute Gasteiger partial charge is 0.388 e. The third-order valence-corrected chi connectivity index (χ3v) is 5.08. The lowest BCUT2D eigenvalue weighted by atomic mass is 9.73. The molecule has 1 aliphatic carbocycles. The van der Waals surface area contributed by atoms with Crippen molar-refractivity contribution in [1.29, 1.82) is 0 Å². The van der Waals surface area contributed by atoms with Crippen LogP contribution in [0.4, 0.5) is 17.6 Å². The maximum absolute atomic E-state index is 10.2. The molecule has 29 heavy (non-hydrogen) atoms. The summed E-state index contributed by atoms with van der Waals surface area (Å²) in [4.78, 5) is 10.2. The van der Waals surface area contributed by atoms with Gasteiger partial charge < -0.3 is 15.7 Å². The van der Waals surface area contributed by atoms with Crippen LogP contribution in [0.5, 0.6) is 0 Å². The van der Waals surface area contributed by atoms with Crippen molar-refractivity contribution in [2.45, 2.75) is 43.8 Å². The quantitative estimate of drug-likeness (QED) is 0.454. The first kappa shape index (κ1) is 19.9. The van der Waals surface area contributed by atoms with Gasteiger partial charge in [0.25, 0.3) is 0 Å². The molecule has 0 bridgehead atoms. The molecular formula is C16H18B2BrN9O. The van der Waals surface area contributed by atoms with E-state index in [-0.39, 0.29) is 0 Å². The molecule has 3 aromatic heterocycles. The first-order valence-electron chi connectivity index (χ1n) is 8.98. The fraction of sp³-hybridized carbons (Fsp3) is 0.438. The van der Waals surface area contributed by atoms with Gasteiger partial charge in [0.15, 0.2) is 0 Å². The second-order valence-corrected chi connectivity index (χ2v) is 8.28. The highest BCUT2D eigenvalue weighted by Crippen LogP contribution is 2.31. The molecule has 4 rings (SSSR count). The highest BCUT2D eigenvalue weighted by Gasteiger charge is 2.32. The Kier molecular flexibility index (Phi) is 4.89. The van der Waals surface area contributed by atoms with Gasteiger partial charge in [-0.15, -0.1) is 0 Å². The summed E-state index contributed by atoms with van der Waals surface area (Å²) in [7, 11) is 11.4. The summed E-state index contributed by atoms with van der Waals surface area (Å²) in [5.41, 5.74) is -2.44. The minimum Gasteiger partial charge on any atom is -0.388 e. The van der Waals surface area contributed by atoms with Crippen LogP contribution >= 0.6 is 15.9 Å². The second-order valence-electron chi connectivity index (χ2n) is 7.42. The zero-order valence-corrected chi connectivity index (χ0v) is 17.5. The van der Waals surface area contributed by atoms with Gasteiger partial charge in [-0.3, -0.25) is 0 Å². The van der Waals surface area contributed by atoms with Crippen molar-refractivity contribution in [3.63, 3.8) is 0 Å². The van der Waals surface area contributed by atoms with Crippen molar-refractivity contribution >= 4 is 49.2 Å². The monoisotopic (exact) mass is 453 g/mol. The van der Waals surface area contributed by atoms with E-state index in [2.05, 4.69) is 51.8 Å². The summed E-state index contributed by atoms with van der Waals surface area (Å²) < 4.78 is 1.82. The lowest BCUT2D eigenvalue weighted by Crippen LogP contribution is -2.37. The van der Waals surface area contributed by atoms with Gasteiger partial charge >= 0.3 is 0 Å². The molecule has 146 valence electrons. The third kappa shape index (κ3) is 4.15. The smallest absolute Gasteiger partial charge is 0.230 e. The van der Waals surface area contributed by atoms with E-state index in [0.717, 1.165) is 22.0 Å². The number of aromatic nitrogens is 7. The summed E-state index contributed by atoms with van der Waals surface area (Å²) in [6.45, 7) is 3.76. The number of rotatable bonds is 7. The minimum atomic E-state index is -2.24. The Labute approximate surface area is 178 Å². The summed E-state index contributed by atoms with van der Waals surface area (Å²) in [5.74, 6) is 1.28. The predicted octanol–water partition coefficient (Wildman–Crippen LogP) is 1.03. The van der Waals surface area contributed by atoms with Crippen LogP contribution in [-0.2, 0) is 11.1 Å². The SMILES string of the molecule is [B]C([B])(O)n1nc(C(C)(C)n2nccn2)cc1Nc1ncc(Br)c(NC2CC2)n1. The van der Waals surface area contributed by atoms with Gasteiger partial charge in [-0.2, -0.15) is 25.1 Å². The van der Waals surface area contributed by atoms with Crippen molar-refractivity contribution in [3.8, 4) is 0 Å². The summed E-state index contributed by atoms with van der Waals surface area (Å²) >= 11 is 3.44. The van der Waals surface area contributed by atoms with Crippen LogP contribution in [0.2, 0.25) is 0 Å². The molecule has 13 heteroatoms. The third-order valence-electron chi connectivity index (χ3n) is 4.50. The number of halogens is 1. The Morgan fingerprint density at radius 1 is 1.24 bits per heavy atom. The van der Waals surface area contributed by atoms with Crippen LogP contribution in [0.25, 0.3) is 0 Å². The van der Waals surface area contributed by atoms with Crippen LogP contribution in [-0.4, -0.2) is 61.6 Å². The summed E-state index contributed by atoms with van der Waals surface area (Å²) in [5, 5.41) is 29.3. The molecule has 10 nitrogen and oxygen atoms in total. The molecular weight excluding hydrogens is 436 g/mol. The molecule has 0 unspecified atom stereocenters. The van der Waals surface area contributed by atoms with Crippen LogP contribution in [0.15, 0.2) is 29.1 Å². The molecule has 0 atom stereocenters. The molecule has 3 heterocycles. The van der Waals surface area contributed by atoms with Crippen molar-refractivity contribution in [2.24, 2.45) is 0 Å². The van der Waals surface area contributed by atoms with Crippen LogP contribution in [0.1, 0.15) is 32.4 Å². The van der Waals surface area contributed by atoms with Gasteiger partial charge in [-0.1, -0.05) is 0 Å². The van der Waals surface area contributed by atoms with E-state index in [1.165, 1.54) is 4.80 Å². The van der Waals surface area contributed by atoms with Crippen molar-refractivity contribution in [2.75, 3.05) is 10.6 Å². The van der Waals surface area contributed by atoms with E-state index < -0.39 is 11.1 Å². The molecule has 0 aromatic carbocycles. The molecule has 0 spiro atoms. The molecule has 1 fully saturated rings. The van der Waals surface area contributed by atoms with Crippen LogP contribution in [0.3, 0.4) is 0 Å². The highest BCUT2D eigenvalue weighted by atomic mass is 79.9. The highest BCUT2D eigenvalue weighted by molar-refractivity contribution is 9.10. The lowest BCUT2D eigenvalue weighted by Gasteiger charge is -2.24. The molecule has 3 N–H and O–H groups in total. The zero-order chi connectivity index (χ0) is 20.8. The maximum Gasteiger partial charge on any atom is 0.230 e. The number of hydrogen-bond donors (Lipinski definition) is 3. The Morgan fingerprint density at radius 3 is 2.55 bits per heavy atom. The van der Waals surface area contributed by atoms with Crippen molar-refractivity contribution in [1.82, 2.24) is 34.7 Å². The lowest BCUT2D eigenvalue weighted by molar-refractivity contribution is 0.127. The Hall–Kier alpha value is -2.40. The number of nitrogens with one attached hydrogen (secondary N) is 2. The topological polar surface area (TPSA) is 119 Å². The Bertz CT molecular complexity index is 1010. The molecule has 1 aliphatic rings. The average molecular weight is 454 g/mol. The molecule has 4 radical (unpaired) electrons. The van der Waals surface area contributed by atoms with E-state index in [4.69, 9.17) is 15.7 Å². The maximum atomic E-state index is 10.2. The Morgan fingerprint density at radius 2 is 1.93 bits per heavy atom. The van der Waals surface area contributed by atoms with Crippen molar-refractivity contribution in [3.05, 3.63) is 34.8 Å². The van der Waals surface area contributed by atoms with Gasteiger partial charge in [-0.25, -0.2) is 9.67 Å². The number of anilines is 3. The van der Waals surface area contributed by atoms with Gasteiger partial charge in [-0.05, 0) is 42.6 Å². The number of nitrogens with zero attached hydrogens (tertiary/aromatic N) is 7. The van der Waals surface area contributed by atoms with E-state index in [1.54, 1.807) is 24.7 Å². The zero-order valence-electron chi connectivity index (χ0n) is 15.9. The Balaban J connectivity index is 1.69. The first-order chi connectivity index (χ1) is 13.6. The van der Waals surface area contributed by atoms with E-state index >= 15 is 0 Å². The fourth-order valence-electron chi connectivity index (χ4n) is 2.71. The summed E-state index contributed by atoms with van der Waals surface area (Å²) in [6, 6.07) is 2.11. The van der Waals surface area contributed by atoms with Crippen LogP contribution < -0.4 is 10.6 Å². The molecule has 3 aromatic rings. The van der Waals surface area contributed by atoms with Gasteiger partial charge in [0, 0.05) is 18.3 Å². The van der Waals surface area contributed by atoms with Gasteiger partial charge in [0.1, 0.15) is 32.9 Å². The number of hydrogen-bond acceptors (Lipinski definition) is 8. The van der Waals surface area contributed by atoms with Gasteiger partial charge in [0.2, 0.25) is 5.95 Å². The molecule has 1 saturated carbocycles. The standard InChI is InChI=1S/C16H18B2BrN9O/c1-15(2,28-21-5-6-22-28)11-7-12(27(26-11)16(17,18)29)24-14-20-8-10(19)13(25-14)23-9-3-4-9/h5-9,29H,3-4H2,1-2H3,(H2,20,23,24,25). The molecule has 0 saturated heterocycles. The average Bonchev–Trinajstić information content (AvgIpc) is 3.11. The predicted molar refractivity (Wildman–Crippen MR) is 112 cm³/mol. The second kappa shape index (κ2) is 7.13. The molecule has 0 amide bonds. The minimum absolute atomic E-state index is 0.295.